The first kappa shape index (κ1) is 15.3. The molecule has 0 aliphatic carbocycles. The van der Waals surface area contributed by atoms with Crippen LogP contribution in [-0.2, 0) is 6.42 Å². The first-order valence-electron chi connectivity index (χ1n) is 9.07. The second kappa shape index (κ2) is 5.77. The maximum atomic E-state index is 13.4. The third-order valence-electron chi connectivity index (χ3n) is 5.26. The predicted octanol–water partition coefficient (Wildman–Crippen LogP) is 6.74. The Kier molecular flexibility index (Phi) is 3.39. The maximum Gasteiger partial charge on any atom is 0.212 e. The van der Waals surface area contributed by atoms with Crippen LogP contribution in [0.2, 0.25) is 0 Å². The summed E-state index contributed by atoms with van der Waals surface area (Å²) in [5.41, 5.74) is 3.46. The second-order valence-electron chi connectivity index (χ2n) is 6.89. The molecule has 0 bridgehead atoms. The number of rotatable bonds is 3. The topological polar surface area (TPSA) is 12.9 Å². The van der Waals surface area contributed by atoms with Crippen molar-refractivity contribution in [2.75, 3.05) is 0 Å². The molecular formula is C24H18FN. The Bertz CT molecular complexity index is 1220. The Morgan fingerprint density at radius 3 is 2.35 bits per heavy atom. The Labute approximate surface area is 151 Å². The fourth-order valence-electron chi connectivity index (χ4n) is 4.20. The highest BCUT2D eigenvalue weighted by atomic mass is 19.1. The van der Waals surface area contributed by atoms with Gasteiger partial charge in [0.25, 0.3) is 0 Å². The highest BCUT2D eigenvalue weighted by Gasteiger charge is 2.16. The van der Waals surface area contributed by atoms with Crippen molar-refractivity contribution in [2.45, 2.75) is 19.8 Å². The Morgan fingerprint density at radius 2 is 1.62 bits per heavy atom. The van der Waals surface area contributed by atoms with Crippen LogP contribution in [0.1, 0.15) is 18.9 Å². The van der Waals surface area contributed by atoms with Gasteiger partial charge in [-0.15, -0.1) is 0 Å². The summed E-state index contributed by atoms with van der Waals surface area (Å²) in [4.78, 5) is 3.90. The van der Waals surface area contributed by atoms with Gasteiger partial charge in [0, 0.05) is 11.8 Å². The standard InChI is InChI=1S/C24H18FN/c1-2-4-17-13-18-8-7-15-5-3-6-16-9-11-20(24(18)23(15)16)22(17)19-10-12-21(25)26-14-19/h3,5-14H,2,4H2,1H3. The number of pyridine rings is 1. The van der Waals surface area contributed by atoms with E-state index in [1.54, 1.807) is 6.20 Å². The molecule has 0 aliphatic rings. The Balaban J connectivity index is 1.97. The SMILES string of the molecule is CCCc1cc2ccc3cccc4ccc(c1-c1ccc(F)nc1)c2c34. The van der Waals surface area contributed by atoms with E-state index in [0.29, 0.717) is 0 Å². The first-order valence-corrected chi connectivity index (χ1v) is 9.07. The van der Waals surface area contributed by atoms with Crippen LogP contribution in [0.5, 0.6) is 0 Å². The molecule has 26 heavy (non-hydrogen) atoms. The lowest BCUT2D eigenvalue weighted by atomic mass is 9.86. The number of nitrogens with zero attached hydrogens (tertiary/aromatic N) is 1. The number of hydrogen-bond donors (Lipinski definition) is 0. The molecular weight excluding hydrogens is 321 g/mol. The highest BCUT2D eigenvalue weighted by Crippen LogP contribution is 2.41. The molecule has 4 aromatic carbocycles. The van der Waals surface area contributed by atoms with Crippen LogP contribution in [0.25, 0.3) is 43.4 Å². The highest BCUT2D eigenvalue weighted by molar-refractivity contribution is 6.25. The molecule has 0 radical (unpaired) electrons. The van der Waals surface area contributed by atoms with E-state index in [1.807, 2.05) is 6.07 Å². The molecule has 0 N–H and O–H groups in total. The van der Waals surface area contributed by atoms with Gasteiger partial charge in [-0.25, -0.2) is 4.98 Å². The molecule has 0 atom stereocenters. The van der Waals surface area contributed by atoms with Crippen LogP contribution < -0.4 is 0 Å². The average Bonchev–Trinajstić information content (AvgIpc) is 2.67. The number of aromatic nitrogens is 1. The number of halogens is 1. The van der Waals surface area contributed by atoms with E-state index in [9.17, 15) is 4.39 Å². The third kappa shape index (κ3) is 2.19. The van der Waals surface area contributed by atoms with Crippen molar-refractivity contribution < 1.29 is 4.39 Å². The monoisotopic (exact) mass is 339 g/mol. The summed E-state index contributed by atoms with van der Waals surface area (Å²) in [5.74, 6) is -0.441. The molecule has 2 heteroatoms. The molecule has 5 aromatic rings. The predicted molar refractivity (Wildman–Crippen MR) is 107 cm³/mol. The average molecular weight is 339 g/mol. The van der Waals surface area contributed by atoms with Gasteiger partial charge in [0.1, 0.15) is 0 Å². The van der Waals surface area contributed by atoms with Crippen LogP contribution >= 0.6 is 0 Å². The maximum absolute atomic E-state index is 13.4. The van der Waals surface area contributed by atoms with Gasteiger partial charge >= 0.3 is 0 Å². The van der Waals surface area contributed by atoms with Crippen molar-refractivity contribution in [1.82, 2.24) is 4.98 Å². The van der Waals surface area contributed by atoms with Crippen LogP contribution in [0, 0.1) is 5.95 Å². The summed E-state index contributed by atoms with van der Waals surface area (Å²) in [6.07, 6.45) is 3.71. The molecule has 126 valence electrons. The minimum absolute atomic E-state index is 0.441. The Morgan fingerprint density at radius 1 is 0.846 bits per heavy atom. The molecule has 1 heterocycles. The van der Waals surface area contributed by atoms with E-state index in [1.165, 1.54) is 49.5 Å². The molecule has 0 saturated heterocycles. The summed E-state index contributed by atoms with van der Waals surface area (Å²) in [6.45, 7) is 2.19. The molecule has 0 unspecified atom stereocenters. The van der Waals surface area contributed by atoms with Crippen molar-refractivity contribution in [3.8, 4) is 11.1 Å². The van der Waals surface area contributed by atoms with E-state index >= 15 is 0 Å². The van der Waals surface area contributed by atoms with E-state index in [-0.39, 0.29) is 0 Å². The van der Waals surface area contributed by atoms with Crippen LogP contribution in [-0.4, -0.2) is 4.98 Å². The summed E-state index contributed by atoms with van der Waals surface area (Å²) >= 11 is 0. The van der Waals surface area contributed by atoms with E-state index in [4.69, 9.17) is 0 Å². The lowest BCUT2D eigenvalue weighted by Gasteiger charge is -2.18. The van der Waals surface area contributed by atoms with E-state index < -0.39 is 5.95 Å². The van der Waals surface area contributed by atoms with Gasteiger partial charge in [-0.05, 0) is 62.0 Å². The zero-order valence-electron chi connectivity index (χ0n) is 14.6. The largest absolute Gasteiger partial charge is 0.228 e. The molecule has 0 saturated carbocycles. The van der Waals surface area contributed by atoms with Gasteiger partial charge in [0.2, 0.25) is 5.95 Å². The number of hydrogen-bond acceptors (Lipinski definition) is 1. The molecule has 1 nitrogen and oxygen atoms in total. The van der Waals surface area contributed by atoms with E-state index in [0.717, 1.165) is 18.4 Å². The molecule has 5 rings (SSSR count). The number of aryl methyl sites for hydroxylation is 1. The van der Waals surface area contributed by atoms with Crippen molar-refractivity contribution in [3.63, 3.8) is 0 Å². The Hall–Kier alpha value is -3.00. The van der Waals surface area contributed by atoms with Crippen LogP contribution in [0.15, 0.2) is 66.9 Å². The third-order valence-corrected chi connectivity index (χ3v) is 5.26. The quantitative estimate of drug-likeness (QED) is 0.262. The van der Waals surface area contributed by atoms with Crippen LogP contribution in [0.3, 0.4) is 0 Å². The fraction of sp³-hybridized carbons (Fsp3) is 0.125. The smallest absolute Gasteiger partial charge is 0.212 e. The fourth-order valence-corrected chi connectivity index (χ4v) is 4.20. The van der Waals surface area contributed by atoms with Crippen molar-refractivity contribution in [1.29, 1.82) is 0 Å². The van der Waals surface area contributed by atoms with Crippen molar-refractivity contribution in [2.24, 2.45) is 0 Å². The van der Waals surface area contributed by atoms with Crippen molar-refractivity contribution >= 4 is 32.3 Å². The minimum atomic E-state index is -0.441. The first-order chi connectivity index (χ1) is 12.8. The lowest BCUT2D eigenvalue weighted by molar-refractivity contribution is 0.584. The van der Waals surface area contributed by atoms with Gasteiger partial charge < -0.3 is 0 Å². The zero-order valence-corrected chi connectivity index (χ0v) is 14.6. The molecule has 0 amide bonds. The summed E-state index contributed by atoms with van der Waals surface area (Å²) in [5, 5.41) is 7.61. The summed E-state index contributed by atoms with van der Waals surface area (Å²) in [7, 11) is 0. The lowest BCUT2D eigenvalue weighted by Crippen LogP contribution is -1.95. The van der Waals surface area contributed by atoms with Gasteiger partial charge in [-0.2, -0.15) is 4.39 Å². The molecule has 1 aromatic heterocycles. The molecule has 0 aliphatic heterocycles. The summed E-state index contributed by atoms with van der Waals surface area (Å²) in [6, 6.07) is 20.9. The normalized spacial score (nSPS) is 11.8. The van der Waals surface area contributed by atoms with Crippen molar-refractivity contribution in [3.05, 3.63) is 78.4 Å². The second-order valence-corrected chi connectivity index (χ2v) is 6.89. The minimum Gasteiger partial charge on any atom is -0.228 e. The van der Waals surface area contributed by atoms with Gasteiger partial charge in [-0.3, -0.25) is 0 Å². The molecule has 0 fully saturated rings. The van der Waals surface area contributed by atoms with Gasteiger partial charge in [0.15, 0.2) is 0 Å². The molecule has 0 spiro atoms. The van der Waals surface area contributed by atoms with Gasteiger partial charge in [-0.1, -0.05) is 61.9 Å². The summed E-state index contributed by atoms with van der Waals surface area (Å²) < 4.78 is 13.4. The van der Waals surface area contributed by atoms with E-state index in [2.05, 4.69) is 60.4 Å². The number of benzene rings is 4. The zero-order chi connectivity index (χ0) is 17.7. The van der Waals surface area contributed by atoms with Gasteiger partial charge in [0.05, 0.1) is 0 Å². The van der Waals surface area contributed by atoms with Crippen LogP contribution in [0.4, 0.5) is 4.39 Å².